The summed E-state index contributed by atoms with van der Waals surface area (Å²) in [6.07, 6.45) is 1.75. The van der Waals surface area contributed by atoms with Crippen LogP contribution in [-0.4, -0.2) is 9.78 Å². The molecule has 1 heterocycles. The fourth-order valence-electron chi connectivity index (χ4n) is 1.62. The maximum atomic E-state index is 13.1. The molecule has 0 bridgehead atoms. The van der Waals surface area contributed by atoms with E-state index in [1.807, 2.05) is 13.1 Å². The third-order valence-electron chi connectivity index (χ3n) is 2.48. The highest BCUT2D eigenvalue weighted by molar-refractivity contribution is 6.30. The lowest BCUT2D eigenvalue weighted by Gasteiger charge is -2.06. The van der Waals surface area contributed by atoms with E-state index in [0.29, 0.717) is 18.1 Å². The van der Waals surface area contributed by atoms with Gasteiger partial charge in [0.1, 0.15) is 5.82 Å². The Hall–Kier alpha value is -1.39. The van der Waals surface area contributed by atoms with Crippen LogP contribution in [0.15, 0.2) is 30.5 Å². The molecule has 0 fully saturated rings. The molecule has 2 rings (SSSR count). The van der Waals surface area contributed by atoms with E-state index in [9.17, 15) is 4.39 Å². The van der Waals surface area contributed by atoms with Gasteiger partial charge in [-0.25, -0.2) is 4.39 Å². The van der Waals surface area contributed by atoms with Gasteiger partial charge in [0.05, 0.1) is 5.69 Å². The van der Waals surface area contributed by atoms with Crippen molar-refractivity contribution in [1.29, 1.82) is 0 Å². The number of rotatable bonds is 4. The predicted molar refractivity (Wildman–Crippen MR) is 65.2 cm³/mol. The third kappa shape index (κ3) is 3.28. The summed E-state index contributed by atoms with van der Waals surface area (Å²) in [5.74, 6) is -0.310. The summed E-state index contributed by atoms with van der Waals surface area (Å²) < 4.78 is 14.9. The average Bonchev–Trinajstić information content (AvgIpc) is 2.63. The highest BCUT2D eigenvalue weighted by Crippen LogP contribution is 2.13. The predicted octanol–water partition coefficient (Wildman–Crippen LogP) is 2.50. The Bertz CT molecular complexity index is 490. The normalized spacial score (nSPS) is 10.8. The monoisotopic (exact) mass is 253 g/mol. The second kappa shape index (κ2) is 5.29. The van der Waals surface area contributed by atoms with E-state index < -0.39 is 0 Å². The van der Waals surface area contributed by atoms with Crippen LogP contribution in [0.4, 0.5) is 4.39 Å². The number of aryl methyl sites for hydroxylation is 1. The zero-order chi connectivity index (χ0) is 12.3. The molecule has 1 N–H and O–H groups in total. The maximum Gasteiger partial charge on any atom is 0.125 e. The topological polar surface area (TPSA) is 29.9 Å². The van der Waals surface area contributed by atoms with Gasteiger partial charge in [0.15, 0.2) is 0 Å². The van der Waals surface area contributed by atoms with Crippen LogP contribution in [0.25, 0.3) is 0 Å². The molecule has 0 aliphatic carbocycles. The molecule has 0 spiro atoms. The second-order valence-electron chi connectivity index (χ2n) is 3.83. The molecule has 17 heavy (non-hydrogen) atoms. The first-order valence-electron chi connectivity index (χ1n) is 5.28. The lowest BCUT2D eigenvalue weighted by Crippen LogP contribution is -2.15. The smallest absolute Gasteiger partial charge is 0.125 e. The molecule has 1 aromatic heterocycles. The number of hydrogen-bond donors (Lipinski definition) is 1. The van der Waals surface area contributed by atoms with Gasteiger partial charge in [-0.1, -0.05) is 11.6 Å². The van der Waals surface area contributed by atoms with Gasteiger partial charge in [-0.3, -0.25) is 4.68 Å². The van der Waals surface area contributed by atoms with E-state index in [-0.39, 0.29) is 5.82 Å². The van der Waals surface area contributed by atoms with Crippen molar-refractivity contribution >= 4 is 11.6 Å². The molecule has 0 aliphatic rings. The molecule has 0 aliphatic heterocycles. The molecular weight excluding hydrogens is 241 g/mol. The summed E-state index contributed by atoms with van der Waals surface area (Å²) in [6.45, 7) is 1.26. The number of aromatic nitrogens is 2. The second-order valence-corrected chi connectivity index (χ2v) is 4.26. The Balaban J connectivity index is 1.92. The van der Waals surface area contributed by atoms with Crippen LogP contribution in [0.5, 0.6) is 0 Å². The van der Waals surface area contributed by atoms with Crippen LogP contribution < -0.4 is 5.32 Å². The molecule has 0 atom stereocenters. The van der Waals surface area contributed by atoms with Crippen molar-refractivity contribution in [3.63, 3.8) is 0 Å². The lowest BCUT2D eigenvalue weighted by atomic mass is 10.2. The summed E-state index contributed by atoms with van der Waals surface area (Å²) in [7, 11) is 1.88. The largest absolute Gasteiger partial charge is 0.307 e. The van der Waals surface area contributed by atoms with E-state index in [0.717, 1.165) is 11.3 Å². The first kappa shape index (κ1) is 12.1. The van der Waals surface area contributed by atoms with Gasteiger partial charge in [0.25, 0.3) is 0 Å². The van der Waals surface area contributed by atoms with Gasteiger partial charge in [-0.15, -0.1) is 0 Å². The molecule has 0 amide bonds. The first-order chi connectivity index (χ1) is 8.15. The number of hydrogen-bond acceptors (Lipinski definition) is 2. The minimum Gasteiger partial charge on any atom is -0.307 e. The zero-order valence-corrected chi connectivity index (χ0v) is 10.2. The van der Waals surface area contributed by atoms with Gasteiger partial charge in [-0.05, 0) is 29.8 Å². The minimum absolute atomic E-state index is 0.310. The third-order valence-corrected chi connectivity index (χ3v) is 2.70. The minimum atomic E-state index is -0.310. The maximum absolute atomic E-state index is 13.1. The fraction of sp³-hybridized carbons (Fsp3) is 0.250. The molecule has 5 heteroatoms. The molecule has 2 aromatic rings. The summed E-state index contributed by atoms with van der Waals surface area (Å²) >= 11 is 5.77. The van der Waals surface area contributed by atoms with Gasteiger partial charge < -0.3 is 5.32 Å². The number of nitrogens with zero attached hydrogens (tertiary/aromatic N) is 2. The molecule has 0 unspecified atom stereocenters. The van der Waals surface area contributed by atoms with Crippen LogP contribution in [0, 0.1) is 5.82 Å². The van der Waals surface area contributed by atoms with Crippen molar-refractivity contribution < 1.29 is 4.39 Å². The molecule has 0 saturated carbocycles. The van der Waals surface area contributed by atoms with Crippen LogP contribution in [-0.2, 0) is 20.1 Å². The summed E-state index contributed by atoms with van der Waals surface area (Å²) in [5, 5.41) is 7.70. The van der Waals surface area contributed by atoms with Crippen molar-refractivity contribution in [3.05, 3.63) is 52.6 Å². The summed E-state index contributed by atoms with van der Waals surface area (Å²) in [6, 6.07) is 6.46. The van der Waals surface area contributed by atoms with E-state index in [1.165, 1.54) is 12.1 Å². The average molecular weight is 254 g/mol. The van der Waals surface area contributed by atoms with Gasteiger partial charge in [-0.2, -0.15) is 5.10 Å². The molecule has 0 radical (unpaired) electrons. The van der Waals surface area contributed by atoms with Crippen molar-refractivity contribution in [3.8, 4) is 0 Å². The van der Waals surface area contributed by atoms with Crippen LogP contribution in [0.2, 0.25) is 5.02 Å². The Labute approximate surface area is 104 Å². The van der Waals surface area contributed by atoms with Crippen LogP contribution in [0.1, 0.15) is 11.3 Å². The van der Waals surface area contributed by atoms with Crippen molar-refractivity contribution in [2.24, 2.45) is 7.05 Å². The Kier molecular flexibility index (Phi) is 3.76. The molecular formula is C12H13ClFN3. The highest BCUT2D eigenvalue weighted by Gasteiger charge is 2.01. The van der Waals surface area contributed by atoms with E-state index in [4.69, 9.17) is 11.6 Å². The Morgan fingerprint density at radius 2 is 2.18 bits per heavy atom. The van der Waals surface area contributed by atoms with Crippen molar-refractivity contribution in [2.75, 3.05) is 0 Å². The zero-order valence-electron chi connectivity index (χ0n) is 9.45. The molecule has 0 saturated heterocycles. The summed E-state index contributed by atoms with van der Waals surface area (Å²) in [4.78, 5) is 0. The summed E-state index contributed by atoms with van der Waals surface area (Å²) in [5.41, 5.74) is 1.91. The molecule has 3 nitrogen and oxygen atoms in total. The fourth-order valence-corrected chi connectivity index (χ4v) is 1.87. The first-order valence-corrected chi connectivity index (χ1v) is 5.65. The van der Waals surface area contributed by atoms with Crippen molar-refractivity contribution in [1.82, 2.24) is 15.1 Å². The van der Waals surface area contributed by atoms with Gasteiger partial charge in [0, 0.05) is 31.4 Å². The lowest BCUT2D eigenvalue weighted by molar-refractivity contribution is 0.610. The Morgan fingerprint density at radius 1 is 1.35 bits per heavy atom. The molecule has 90 valence electrons. The SMILES string of the molecule is Cn1nccc1CNCc1cc(F)cc(Cl)c1. The van der Waals surface area contributed by atoms with Crippen molar-refractivity contribution in [2.45, 2.75) is 13.1 Å². The van der Waals surface area contributed by atoms with Crippen LogP contribution >= 0.6 is 11.6 Å². The van der Waals surface area contributed by atoms with Gasteiger partial charge >= 0.3 is 0 Å². The van der Waals surface area contributed by atoms with E-state index in [2.05, 4.69) is 10.4 Å². The molecule has 1 aromatic carbocycles. The highest BCUT2D eigenvalue weighted by atomic mass is 35.5. The number of nitrogens with one attached hydrogen (secondary N) is 1. The standard InChI is InChI=1S/C12H13ClFN3/c1-17-12(2-3-16-17)8-15-7-9-4-10(13)6-11(14)5-9/h2-6,15H,7-8H2,1H3. The van der Waals surface area contributed by atoms with Gasteiger partial charge in [0.2, 0.25) is 0 Å². The van der Waals surface area contributed by atoms with E-state index in [1.54, 1.807) is 16.9 Å². The number of halogens is 2. The van der Waals surface area contributed by atoms with E-state index >= 15 is 0 Å². The Morgan fingerprint density at radius 3 is 2.82 bits per heavy atom. The van der Waals surface area contributed by atoms with Crippen LogP contribution in [0.3, 0.4) is 0 Å². The number of benzene rings is 1. The quantitative estimate of drug-likeness (QED) is 0.907.